The lowest BCUT2D eigenvalue weighted by Crippen LogP contribution is -2.29. The van der Waals surface area contributed by atoms with Gasteiger partial charge in [-0.25, -0.2) is 4.79 Å². The first-order valence-electron chi connectivity index (χ1n) is 13.1. The molecule has 202 valence electrons. The number of aliphatic hydroxyl groups excluding tert-OH is 1. The van der Waals surface area contributed by atoms with E-state index in [2.05, 4.69) is 0 Å². The normalized spacial score (nSPS) is 16.5. The van der Waals surface area contributed by atoms with Crippen LogP contribution in [0.1, 0.15) is 65.8 Å². The van der Waals surface area contributed by atoms with Gasteiger partial charge in [-0.15, -0.1) is 0 Å². The number of ether oxygens (including phenoxy) is 2. The van der Waals surface area contributed by atoms with Crippen molar-refractivity contribution >= 4 is 23.4 Å². The summed E-state index contributed by atoms with van der Waals surface area (Å²) >= 11 is 0. The highest BCUT2D eigenvalue weighted by Gasteiger charge is 2.46. The lowest BCUT2D eigenvalue weighted by molar-refractivity contribution is -0.140. The third-order valence-corrected chi connectivity index (χ3v) is 6.36. The zero-order valence-corrected chi connectivity index (χ0v) is 22.6. The summed E-state index contributed by atoms with van der Waals surface area (Å²) in [4.78, 5) is 40.4. The molecular formula is C32H33NO6. The minimum Gasteiger partial charge on any atom is -0.507 e. The number of nitrogens with zero attached hydrogens (tertiary/aromatic N) is 1. The Kier molecular flexibility index (Phi) is 8.49. The van der Waals surface area contributed by atoms with Gasteiger partial charge < -0.3 is 19.5 Å². The number of Topliss-reactive ketones (excluding diaryl/α,β-unsaturated/α-hetero) is 1. The van der Waals surface area contributed by atoms with Gasteiger partial charge >= 0.3 is 5.97 Å². The number of amides is 1. The van der Waals surface area contributed by atoms with Crippen molar-refractivity contribution in [2.45, 2.75) is 52.8 Å². The second-order valence-corrected chi connectivity index (χ2v) is 9.87. The largest absolute Gasteiger partial charge is 0.507 e. The van der Waals surface area contributed by atoms with Crippen LogP contribution in [0.4, 0.5) is 0 Å². The molecule has 1 N–H and O–H groups in total. The molecule has 3 aromatic carbocycles. The van der Waals surface area contributed by atoms with Crippen molar-refractivity contribution in [3.8, 4) is 5.75 Å². The van der Waals surface area contributed by atoms with Crippen molar-refractivity contribution < 1.29 is 29.0 Å². The lowest BCUT2D eigenvalue weighted by Gasteiger charge is -2.26. The standard InChI is InChI=1S/C32H33NO6/c1-5-16-38-32(37)23-14-12-22(13-15-23)19-33-28(24-9-6-8-21(4)17-24)27(30(35)31(33)36)29(34)25-10-7-11-26(18-25)39-20(2)3/h6-15,17-18,20,28,34H,5,16,19H2,1-4H3/b29-27+. The third-order valence-electron chi connectivity index (χ3n) is 6.36. The Bertz CT molecular complexity index is 1410. The van der Waals surface area contributed by atoms with E-state index in [4.69, 9.17) is 9.47 Å². The lowest BCUT2D eigenvalue weighted by atomic mass is 9.94. The van der Waals surface area contributed by atoms with Gasteiger partial charge in [-0.2, -0.15) is 0 Å². The number of aryl methyl sites for hydroxylation is 1. The zero-order valence-electron chi connectivity index (χ0n) is 22.6. The summed E-state index contributed by atoms with van der Waals surface area (Å²) in [5.41, 5.74) is 3.22. The average molecular weight is 528 g/mol. The van der Waals surface area contributed by atoms with Gasteiger partial charge in [0.2, 0.25) is 0 Å². The number of hydrogen-bond acceptors (Lipinski definition) is 6. The van der Waals surface area contributed by atoms with Crippen LogP contribution < -0.4 is 4.74 Å². The number of ketones is 1. The van der Waals surface area contributed by atoms with E-state index in [1.807, 2.05) is 52.0 Å². The minimum atomic E-state index is -0.797. The molecule has 39 heavy (non-hydrogen) atoms. The molecule has 0 aliphatic carbocycles. The maximum absolute atomic E-state index is 13.4. The van der Waals surface area contributed by atoms with Gasteiger partial charge in [0.05, 0.1) is 29.9 Å². The van der Waals surface area contributed by atoms with Gasteiger partial charge in [-0.05, 0) is 62.6 Å². The number of carbonyl (C=O) groups excluding carboxylic acids is 3. The molecule has 3 aromatic rings. The molecule has 1 fully saturated rings. The number of aliphatic hydroxyl groups is 1. The summed E-state index contributed by atoms with van der Waals surface area (Å²) in [7, 11) is 0. The molecule has 1 unspecified atom stereocenters. The summed E-state index contributed by atoms with van der Waals surface area (Å²) in [5.74, 6) is -1.58. The van der Waals surface area contributed by atoms with E-state index < -0.39 is 23.7 Å². The van der Waals surface area contributed by atoms with E-state index in [-0.39, 0.29) is 24.0 Å². The fraction of sp³-hybridized carbons (Fsp3) is 0.281. The minimum absolute atomic E-state index is 0.0204. The van der Waals surface area contributed by atoms with Crippen LogP contribution in [0.25, 0.3) is 5.76 Å². The number of likely N-dealkylation sites (tertiary alicyclic amines) is 1. The predicted octanol–water partition coefficient (Wildman–Crippen LogP) is 5.97. The molecule has 4 rings (SSSR count). The van der Waals surface area contributed by atoms with Crippen LogP contribution in [-0.2, 0) is 20.9 Å². The Labute approximate surface area is 228 Å². The van der Waals surface area contributed by atoms with Crippen LogP contribution in [0.3, 0.4) is 0 Å². The maximum atomic E-state index is 13.4. The Morgan fingerprint density at radius 3 is 2.36 bits per heavy atom. The summed E-state index contributed by atoms with van der Waals surface area (Å²) in [6, 6.07) is 20.3. The number of rotatable bonds is 9. The zero-order chi connectivity index (χ0) is 28.1. The fourth-order valence-corrected chi connectivity index (χ4v) is 4.60. The molecule has 0 bridgehead atoms. The van der Waals surface area contributed by atoms with E-state index in [1.165, 1.54) is 4.90 Å². The quantitative estimate of drug-likeness (QED) is 0.159. The molecule has 7 nitrogen and oxygen atoms in total. The first-order chi connectivity index (χ1) is 18.7. The Hall–Kier alpha value is -4.39. The highest BCUT2D eigenvalue weighted by atomic mass is 16.5. The van der Waals surface area contributed by atoms with Crippen LogP contribution >= 0.6 is 0 Å². The first kappa shape index (κ1) is 27.6. The van der Waals surface area contributed by atoms with Crippen molar-refractivity contribution in [1.82, 2.24) is 4.90 Å². The molecular weight excluding hydrogens is 494 g/mol. The van der Waals surface area contributed by atoms with Gasteiger partial charge in [0, 0.05) is 12.1 Å². The number of hydrogen-bond donors (Lipinski definition) is 1. The van der Waals surface area contributed by atoms with Crippen LogP contribution in [0.5, 0.6) is 5.75 Å². The Balaban J connectivity index is 1.74. The second-order valence-electron chi connectivity index (χ2n) is 9.87. The van der Waals surface area contributed by atoms with Gasteiger partial charge in [0.15, 0.2) is 0 Å². The molecule has 1 heterocycles. The topological polar surface area (TPSA) is 93.1 Å². The third kappa shape index (κ3) is 6.20. The van der Waals surface area contributed by atoms with E-state index >= 15 is 0 Å². The van der Waals surface area contributed by atoms with Crippen LogP contribution in [0.15, 0.2) is 78.4 Å². The molecule has 0 radical (unpaired) electrons. The Morgan fingerprint density at radius 1 is 0.974 bits per heavy atom. The maximum Gasteiger partial charge on any atom is 0.338 e. The predicted molar refractivity (Wildman–Crippen MR) is 148 cm³/mol. The van der Waals surface area contributed by atoms with Crippen molar-refractivity contribution in [2.24, 2.45) is 0 Å². The molecule has 1 aliphatic rings. The van der Waals surface area contributed by atoms with Crippen LogP contribution in [-0.4, -0.2) is 40.4 Å². The van der Waals surface area contributed by atoms with E-state index in [1.54, 1.807) is 48.5 Å². The molecule has 0 aromatic heterocycles. The van der Waals surface area contributed by atoms with Gasteiger partial charge in [-0.3, -0.25) is 9.59 Å². The van der Waals surface area contributed by atoms with Crippen molar-refractivity contribution in [3.63, 3.8) is 0 Å². The van der Waals surface area contributed by atoms with Gasteiger partial charge in [0.1, 0.15) is 11.5 Å². The summed E-state index contributed by atoms with van der Waals surface area (Å²) in [6.45, 7) is 8.10. The van der Waals surface area contributed by atoms with E-state index in [0.29, 0.717) is 29.0 Å². The molecule has 1 aliphatic heterocycles. The van der Waals surface area contributed by atoms with Crippen molar-refractivity contribution in [1.29, 1.82) is 0 Å². The monoisotopic (exact) mass is 527 g/mol. The summed E-state index contributed by atoms with van der Waals surface area (Å²) < 4.78 is 11.0. The number of esters is 1. The van der Waals surface area contributed by atoms with Gasteiger partial charge in [-0.1, -0.05) is 61.0 Å². The highest BCUT2D eigenvalue weighted by molar-refractivity contribution is 6.46. The molecule has 1 atom stereocenters. The second kappa shape index (κ2) is 12.0. The smallest absolute Gasteiger partial charge is 0.338 e. The van der Waals surface area contributed by atoms with Crippen LogP contribution in [0, 0.1) is 6.92 Å². The molecule has 0 spiro atoms. The van der Waals surface area contributed by atoms with E-state index in [0.717, 1.165) is 17.5 Å². The molecule has 7 heteroatoms. The molecule has 1 saturated heterocycles. The Morgan fingerprint density at radius 2 is 1.69 bits per heavy atom. The van der Waals surface area contributed by atoms with Crippen molar-refractivity contribution in [2.75, 3.05) is 6.61 Å². The first-order valence-corrected chi connectivity index (χ1v) is 13.1. The van der Waals surface area contributed by atoms with E-state index in [9.17, 15) is 19.5 Å². The average Bonchev–Trinajstić information content (AvgIpc) is 3.16. The van der Waals surface area contributed by atoms with Crippen LogP contribution in [0.2, 0.25) is 0 Å². The number of carbonyl (C=O) groups is 3. The molecule has 0 saturated carbocycles. The molecule has 1 amide bonds. The summed E-state index contributed by atoms with van der Waals surface area (Å²) in [5, 5.41) is 11.4. The summed E-state index contributed by atoms with van der Waals surface area (Å²) in [6.07, 6.45) is 0.660. The number of benzene rings is 3. The SMILES string of the molecule is CCCOC(=O)c1ccc(CN2C(=O)C(=O)/C(=C(/O)c3cccc(OC(C)C)c3)C2c2cccc(C)c2)cc1. The van der Waals surface area contributed by atoms with Gasteiger partial charge in [0.25, 0.3) is 11.7 Å². The fourth-order valence-electron chi connectivity index (χ4n) is 4.60. The van der Waals surface area contributed by atoms with Crippen molar-refractivity contribution in [3.05, 3.63) is 106 Å². The highest BCUT2D eigenvalue weighted by Crippen LogP contribution is 2.40.